The number of urea groups is 1. The number of anilines is 1. The van der Waals surface area contributed by atoms with Crippen LogP contribution in [0.15, 0.2) is 42.5 Å². The van der Waals surface area contributed by atoms with Crippen LogP contribution in [0.25, 0.3) is 0 Å². The third kappa shape index (κ3) is 2.98. The van der Waals surface area contributed by atoms with Crippen molar-refractivity contribution in [1.82, 2.24) is 10.2 Å². The van der Waals surface area contributed by atoms with Gasteiger partial charge in [-0.05, 0) is 30.0 Å². The number of rotatable bonds is 3. The number of nitrogens with one attached hydrogen (secondary N) is 1. The molecule has 158 valence electrons. The average molecular weight is 425 g/mol. The number of halogens is 5. The van der Waals surface area contributed by atoms with Crippen LogP contribution in [0.1, 0.15) is 17.5 Å². The second-order valence-corrected chi connectivity index (χ2v) is 7.18. The largest absolute Gasteiger partial charge is 0.425 e. The molecule has 1 saturated heterocycles. The molecule has 2 aliphatic rings. The van der Waals surface area contributed by atoms with Crippen LogP contribution < -0.4 is 10.2 Å². The Morgan fingerprint density at radius 3 is 2.43 bits per heavy atom. The molecule has 0 radical (unpaired) electrons. The summed E-state index contributed by atoms with van der Waals surface area (Å²) in [5.41, 5.74) is -3.35. The number of carbonyl (C=O) groups is 2. The van der Waals surface area contributed by atoms with Gasteiger partial charge in [-0.1, -0.05) is 30.3 Å². The fraction of sp³-hybridized carbons (Fsp3) is 0.300. The molecule has 1 atom stereocenters. The van der Waals surface area contributed by atoms with E-state index in [-0.39, 0.29) is 12.2 Å². The van der Waals surface area contributed by atoms with Crippen LogP contribution in [0.5, 0.6) is 0 Å². The van der Waals surface area contributed by atoms with Gasteiger partial charge in [0.15, 0.2) is 0 Å². The number of fused-ring (bicyclic) bond motifs is 1. The van der Waals surface area contributed by atoms with Crippen molar-refractivity contribution in [2.45, 2.75) is 24.6 Å². The third-order valence-electron chi connectivity index (χ3n) is 5.35. The van der Waals surface area contributed by atoms with E-state index in [0.717, 1.165) is 18.2 Å². The number of hydrogen-bond donors (Lipinski definition) is 1. The zero-order chi connectivity index (χ0) is 21.7. The first-order valence-corrected chi connectivity index (χ1v) is 9.14. The van der Waals surface area contributed by atoms with Gasteiger partial charge in [0, 0.05) is 12.6 Å². The highest BCUT2D eigenvalue weighted by molar-refractivity contribution is 6.08. The highest BCUT2D eigenvalue weighted by Gasteiger charge is 2.68. The zero-order valence-electron chi connectivity index (χ0n) is 15.5. The Hall–Kier alpha value is -3.17. The van der Waals surface area contributed by atoms with Gasteiger partial charge in [-0.2, -0.15) is 13.2 Å². The van der Waals surface area contributed by atoms with Crippen molar-refractivity contribution in [3.05, 3.63) is 65.2 Å². The standard InChI is InChI=1S/C20H16F5N3O2/c21-14-9-12-5-4-8-27(16(12)15(22)10-14)11-28-17(29)19(20(23,24)25,26-18(28)30)13-6-2-1-3-7-13/h1-3,6-7,9-10H,4-5,8,11H2,(H,26,30). The highest BCUT2D eigenvalue weighted by atomic mass is 19.4. The predicted molar refractivity (Wildman–Crippen MR) is 96.4 cm³/mol. The molecule has 1 N–H and O–H groups in total. The van der Waals surface area contributed by atoms with Crippen molar-refractivity contribution in [3.8, 4) is 0 Å². The fourth-order valence-electron chi connectivity index (χ4n) is 3.99. The molecule has 30 heavy (non-hydrogen) atoms. The van der Waals surface area contributed by atoms with Gasteiger partial charge in [0.25, 0.3) is 5.91 Å². The normalized spacial score (nSPS) is 21.6. The lowest BCUT2D eigenvalue weighted by Crippen LogP contribution is -2.56. The number of carbonyl (C=O) groups excluding carboxylic acids is 2. The molecule has 0 spiro atoms. The average Bonchev–Trinajstić information content (AvgIpc) is 2.94. The number of imide groups is 1. The topological polar surface area (TPSA) is 52.7 Å². The maximum atomic E-state index is 14.4. The minimum atomic E-state index is -5.11. The Morgan fingerprint density at radius 2 is 1.77 bits per heavy atom. The molecule has 0 saturated carbocycles. The molecule has 1 fully saturated rings. The third-order valence-corrected chi connectivity index (χ3v) is 5.35. The molecule has 2 aromatic carbocycles. The Kier molecular flexibility index (Phi) is 4.67. The molecule has 1 unspecified atom stereocenters. The van der Waals surface area contributed by atoms with E-state index in [9.17, 15) is 31.5 Å². The van der Waals surface area contributed by atoms with Crippen LogP contribution in [0.3, 0.4) is 0 Å². The molecule has 0 aliphatic carbocycles. The first-order chi connectivity index (χ1) is 14.1. The van der Waals surface area contributed by atoms with Crippen LogP contribution in [0, 0.1) is 11.6 Å². The fourth-order valence-corrected chi connectivity index (χ4v) is 3.99. The lowest BCUT2D eigenvalue weighted by molar-refractivity contribution is -0.198. The van der Waals surface area contributed by atoms with E-state index in [2.05, 4.69) is 0 Å². The Labute approximate surface area is 168 Å². The first-order valence-electron chi connectivity index (χ1n) is 9.14. The molecular weight excluding hydrogens is 409 g/mol. The summed E-state index contributed by atoms with van der Waals surface area (Å²) in [6, 6.07) is 6.91. The molecule has 3 amide bonds. The van der Waals surface area contributed by atoms with Gasteiger partial charge in [-0.25, -0.2) is 18.5 Å². The number of nitrogens with zero attached hydrogens (tertiary/aromatic N) is 2. The van der Waals surface area contributed by atoms with E-state index in [1.54, 1.807) is 5.32 Å². The summed E-state index contributed by atoms with van der Waals surface area (Å²) in [5.74, 6) is -3.18. The molecule has 10 heteroatoms. The predicted octanol–water partition coefficient (Wildman–Crippen LogP) is 3.68. The van der Waals surface area contributed by atoms with Crippen molar-refractivity contribution in [2.75, 3.05) is 18.1 Å². The van der Waals surface area contributed by atoms with E-state index < -0.39 is 47.5 Å². The summed E-state index contributed by atoms with van der Waals surface area (Å²) in [6.45, 7) is -0.401. The van der Waals surface area contributed by atoms with Gasteiger partial charge < -0.3 is 10.2 Å². The van der Waals surface area contributed by atoms with Crippen LogP contribution in [0.4, 0.5) is 32.4 Å². The number of alkyl halides is 3. The number of amides is 3. The van der Waals surface area contributed by atoms with Gasteiger partial charge in [0.2, 0.25) is 5.54 Å². The van der Waals surface area contributed by atoms with Crippen LogP contribution >= 0.6 is 0 Å². The Morgan fingerprint density at radius 1 is 1.07 bits per heavy atom. The summed E-state index contributed by atoms with van der Waals surface area (Å²) in [6.07, 6.45) is -4.27. The Bertz CT molecular complexity index is 1010. The van der Waals surface area contributed by atoms with E-state index in [1.807, 2.05) is 0 Å². The van der Waals surface area contributed by atoms with E-state index in [0.29, 0.717) is 29.4 Å². The summed E-state index contributed by atoms with van der Waals surface area (Å²) < 4.78 is 70.1. The smallest absolute Gasteiger partial charge is 0.351 e. The van der Waals surface area contributed by atoms with Gasteiger partial charge in [-0.15, -0.1) is 0 Å². The van der Waals surface area contributed by atoms with Gasteiger partial charge in [-0.3, -0.25) is 4.79 Å². The van der Waals surface area contributed by atoms with Crippen molar-refractivity contribution in [3.63, 3.8) is 0 Å². The molecular formula is C20H16F5N3O2. The second-order valence-electron chi connectivity index (χ2n) is 7.18. The van der Waals surface area contributed by atoms with Gasteiger partial charge >= 0.3 is 12.2 Å². The molecule has 2 aliphatic heterocycles. The van der Waals surface area contributed by atoms with E-state index in [1.165, 1.54) is 23.1 Å². The quantitative estimate of drug-likeness (QED) is 0.603. The highest BCUT2D eigenvalue weighted by Crippen LogP contribution is 2.44. The van der Waals surface area contributed by atoms with Crippen LogP contribution in [-0.4, -0.2) is 36.2 Å². The van der Waals surface area contributed by atoms with Gasteiger partial charge in [0.05, 0.1) is 5.69 Å². The molecule has 0 bridgehead atoms. The molecule has 0 aromatic heterocycles. The van der Waals surface area contributed by atoms with E-state index >= 15 is 0 Å². The molecule has 5 nitrogen and oxygen atoms in total. The summed E-state index contributed by atoms with van der Waals surface area (Å²) >= 11 is 0. The lowest BCUT2D eigenvalue weighted by Gasteiger charge is -2.34. The molecule has 2 aromatic rings. The number of hydrogen-bond acceptors (Lipinski definition) is 3. The van der Waals surface area contributed by atoms with Crippen molar-refractivity contribution < 1.29 is 31.5 Å². The maximum absolute atomic E-state index is 14.4. The number of aryl methyl sites for hydroxylation is 1. The minimum Gasteiger partial charge on any atom is -0.351 e. The second kappa shape index (κ2) is 6.96. The van der Waals surface area contributed by atoms with Crippen LogP contribution in [-0.2, 0) is 16.8 Å². The SMILES string of the molecule is O=C1NC(c2ccccc2)(C(F)(F)F)C(=O)N1CN1CCCc2cc(F)cc(F)c21. The van der Waals surface area contributed by atoms with Crippen molar-refractivity contribution in [2.24, 2.45) is 0 Å². The maximum Gasteiger partial charge on any atom is 0.425 e. The van der Waals surface area contributed by atoms with E-state index in [4.69, 9.17) is 0 Å². The molecule has 4 rings (SSSR count). The number of benzene rings is 2. The monoisotopic (exact) mass is 425 g/mol. The van der Waals surface area contributed by atoms with Crippen LogP contribution in [0.2, 0.25) is 0 Å². The van der Waals surface area contributed by atoms with Crippen molar-refractivity contribution >= 4 is 17.6 Å². The van der Waals surface area contributed by atoms with Crippen molar-refractivity contribution in [1.29, 1.82) is 0 Å². The lowest BCUT2D eigenvalue weighted by atomic mass is 9.89. The summed E-state index contributed by atoms with van der Waals surface area (Å²) in [7, 11) is 0. The minimum absolute atomic E-state index is 0.0209. The zero-order valence-corrected chi connectivity index (χ0v) is 15.5. The summed E-state index contributed by atoms with van der Waals surface area (Å²) in [4.78, 5) is 27.1. The van der Waals surface area contributed by atoms with Gasteiger partial charge in [0.1, 0.15) is 18.3 Å². The molecule has 2 heterocycles. The first kappa shape index (κ1) is 20.1. The Balaban J connectivity index is 1.71. The summed E-state index contributed by atoms with van der Waals surface area (Å²) in [5, 5.41) is 1.79.